The summed E-state index contributed by atoms with van der Waals surface area (Å²) in [7, 11) is -4.13. The van der Waals surface area contributed by atoms with Crippen molar-refractivity contribution in [1.29, 1.82) is 0 Å². The van der Waals surface area contributed by atoms with E-state index in [1.54, 1.807) is 67.6 Å². The number of unbranched alkanes of at least 4 members (excludes halogenated alkanes) is 1. The zero-order chi connectivity index (χ0) is 25.2. The van der Waals surface area contributed by atoms with Gasteiger partial charge in [-0.05, 0) is 36.8 Å². The predicted molar refractivity (Wildman–Crippen MR) is 129 cm³/mol. The number of benzene rings is 2. The molecule has 35 heavy (non-hydrogen) atoms. The fourth-order valence-corrected chi connectivity index (χ4v) is 5.11. The van der Waals surface area contributed by atoms with Crippen molar-refractivity contribution >= 4 is 32.4 Å². The second kappa shape index (κ2) is 9.53. The summed E-state index contributed by atoms with van der Waals surface area (Å²) in [4.78, 5) is 17.2. The molecule has 0 saturated heterocycles. The van der Waals surface area contributed by atoms with E-state index in [4.69, 9.17) is 0 Å². The third kappa shape index (κ3) is 5.07. The number of anilines is 2. The van der Waals surface area contributed by atoms with Crippen molar-refractivity contribution in [3.63, 3.8) is 0 Å². The first-order valence-electron chi connectivity index (χ1n) is 10.9. The Bertz CT molecular complexity index is 1520. The van der Waals surface area contributed by atoms with Gasteiger partial charge in [0.05, 0.1) is 16.7 Å². The van der Waals surface area contributed by atoms with Crippen LogP contribution < -0.4 is 10.7 Å². The van der Waals surface area contributed by atoms with E-state index in [9.17, 15) is 26.4 Å². The molecule has 6 nitrogen and oxygen atoms in total. The van der Waals surface area contributed by atoms with E-state index in [1.165, 1.54) is 4.57 Å². The fourth-order valence-electron chi connectivity index (χ4n) is 3.71. The van der Waals surface area contributed by atoms with Crippen LogP contribution in [0.4, 0.5) is 24.7 Å². The molecule has 0 bridgehead atoms. The zero-order valence-corrected chi connectivity index (χ0v) is 19.5. The lowest BCUT2D eigenvalue weighted by Gasteiger charge is -2.20. The van der Waals surface area contributed by atoms with Crippen LogP contribution in [0.2, 0.25) is 0 Å². The number of fused-ring (bicyclic) bond motifs is 1. The topological polar surface area (TPSA) is 81.1 Å². The number of para-hydroxylation sites is 2. The second-order valence-corrected chi connectivity index (χ2v) is 9.99. The fraction of sp³-hybridized carbons (Fsp3) is 0.200. The first kappa shape index (κ1) is 24.5. The number of nitrogens with zero attached hydrogens (tertiary/aromatic N) is 2. The van der Waals surface area contributed by atoms with Crippen LogP contribution in [0.1, 0.15) is 25.3 Å². The van der Waals surface area contributed by atoms with Crippen LogP contribution in [0, 0.1) is 0 Å². The molecule has 0 fully saturated rings. The van der Waals surface area contributed by atoms with Gasteiger partial charge in [-0.2, -0.15) is 13.2 Å². The number of halogens is 3. The molecule has 0 aliphatic rings. The van der Waals surface area contributed by atoms with Gasteiger partial charge in [0.15, 0.2) is 25.9 Å². The normalized spacial score (nSPS) is 12.1. The Hall–Kier alpha value is -3.66. The van der Waals surface area contributed by atoms with Crippen molar-refractivity contribution in [2.24, 2.45) is 0 Å². The highest BCUT2D eigenvalue weighted by molar-refractivity contribution is 7.91. The highest BCUT2D eigenvalue weighted by Crippen LogP contribution is 2.36. The van der Waals surface area contributed by atoms with Crippen molar-refractivity contribution in [3.05, 3.63) is 88.6 Å². The molecule has 2 aromatic carbocycles. The maximum atomic E-state index is 14.1. The number of pyridine rings is 2. The van der Waals surface area contributed by atoms with Crippen molar-refractivity contribution in [3.8, 4) is 5.69 Å². The number of hydrogen-bond acceptors (Lipinski definition) is 5. The Morgan fingerprint density at radius 3 is 2.20 bits per heavy atom. The summed E-state index contributed by atoms with van der Waals surface area (Å²) < 4.78 is 69.5. The molecule has 0 atom stereocenters. The highest BCUT2D eigenvalue weighted by atomic mass is 32.2. The van der Waals surface area contributed by atoms with Gasteiger partial charge in [-0.25, -0.2) is 13.4 Å². The average molecular weight is 502 g/mol. The van der Waals surface area contributed by atoms with Gasteiger partial charge in [0.2, 0.25) is 0 Å². The first-order valence-corrected chi connectivity index (χ1v) is 12.6. The molecule has 1 N–H and O–H groups in total. The molecular formula is C25H22F3N3O3S. The van der Waals surface area contributed by atoms with Crippen LogP contribution in [-0.2, 0) is 16.0 Å². The molecule has 2 aromatic heterocycles. The molecule has 0 radical (unpaired) electrons. The van der Waals surface area contributed by atoms with E-state index in [-0.39, 0.29) is 18.0 Å². The van der Waals surface area contributed by atoms with Crippen LogP contribution in [0.25, 0.3) is 16.7 Å². The molecule has 182 valence electrons. The molecule has 0 aliphatic heterocycles. The Kier molecular flexibility index (Phi) is 6.66. The molecule has 2 heterocycles. The summed E-state index contributed by atoms with van der Waals surface area (Å²) >= 11 is 0. The van der Waals surface area contributed by atoms with E-state index >= 15 is 0 Å². The van der Waals surface area contributed by atoms with Crippen molar-refractivity contribution in [1.82, 2.24) is 9.55 Å². The minimum Gasteiger partial charge on any atom is -0.341 e. The lowest BCUT2D eigenvalue weighted by atomic mass is 10.1. The van der Waals surface area contributed by atoms with Gasteiger partial charge < -0.3 is 5.32 Å². The number of alkyl halides is 3. The average Bonchev–Trinajstić information content (AvgIpc) is 2.83. The summed E-state index contributed by atoms with van der Waals surface area (Å²) in [5.41, 5.74) is -1.67. The smallest absolute Gasteiger partial charge is 0.341 e. The molecule has 0 amide bonds. The molecule has 0 unspecified atom stereocenters. The lowest BCUT2D eigenvalue weighted by Crippen LogP contribution is -2.20. The van der Waals surface area contributed by atoms with E-state index in [0.717, 1.165) is 6.07 Å². The molecule has 0 saturated carbocycles. The Morgan fingerprint density at radius 1 is 0.971 bits per heavy atom. The van der Waals surface area contributed by atoms with E-state index in [2.05, 4.69) is 10.3 Å². The summed E-state index contributed by atoms with van der Waals surface area (Å²) in [6.45, 7) is 1.78. The number of aromatic nitrogens is 2. The van der Waals surface area contributed by atoms with Crippen LogP contribution >= 0.6 is 0 Å². The molecule has 4 rings (SSSR count). The van der Waals surface area contributed by atoms with Crippen molar-refractivity contribution in [2.45, 2.75) is 31.0 Å². The monoisotopic (exact) mass is 501 g/mol. The number of rotatable bonds is 7. The largest absolute Gasteiger partial charge is 0.417 e. The van der Waals surface area contributed by atoms with E-state index in [0.29, 0.717) is 23.9 Å². The molecule has 0 spiro atoms. The second-order valence-electron chi connectivity index (χ2n) is 7.93. The third-order valence-electron chi connectivity index (χ3n) is 5.40. The molecule has 0 aliphatic carbocycles. The zero-order valence-electron chi connectivity index (χ0n) is 18.7. The van der Waals surface area contributed by atoms with Crippen LogP contribution in [-0.4, -0.2) is 23.7 Å². The van der Waals surface area contributed by atoms with Gasteiger partial charge in [-0.15, -0.1) is 0 Å². The van der Waals surface area contributed by atoms with E-state index < -0.39 is 43.1 Å². The predicted octanol–water partition coefficient (Wildman–Crippen LogP) is 5.72. The Morgan fingerprint density at radius 2 is 1.60 bits per heavy atom. The maximum Gasteiger partial charge on any atom is 0.417 e. The van der Waals surface area contributed by atoms with Crippen molar-refractivity contribution < 1.29 is 21.6 Å². The van der Waals surface area contributed by atoms with E-state index in [1.807, 2.05) is 0 Å². The Labute approximate surface area is 200 Å². The SMILES string of the molecule is CCCCS(=O)(=O)c1cc(C(F)(F)F)c2c(=O)cc(Nc3ccccc3)n(-c3ccccc3)c2n1. The minimum absolute atomic E-state index is 0.142. The number of hydrogen-bond donors (Lipinski definition) is 1. The number of sulfone groups is 1. The van der Waals surface area contributed by atoms with Gasteiger partial charge in [-0.3, -0.25) is 9.36 Å². The Balaban J connectivity index is 2.12. The van der Waals surface area contributed by atoms with Crippen molar-refractivity contribution in [2.75, 3.05) is 11.1 Å². The van der Waals surface area contributed by atoms with Gasteiger partial charge in [0.1, 0.15) is 5.82 Å². The van der Waals surface area contributed by atoms with Gasteiger partial charge in [-0.1, -0.05) is 49.7 Å². The minimum atomic E-state index is -4.97. The quantitative estimate of drug-likeness (QED) is 0.350. The van der Waals surface area contributed by atoms with Gasteiger partial charge in [0, 0.05) is 17.4 Å². The molecular weight excluding hydrogens is 479 g/mol. The lowest BCUT2D eigenvalue weighted by molar-refractivity contribution is -0.136. The van der Waals surface area contributed by atoms with Crippen LogP contribution in [0.15, 0.2) is 82.6 Å². The standard InChI is InChI=1S/C25H22F3N3O3S/c1-2-3-14-35(33,34)22-15-19(25(26,27)28)23-20(32)16-21(29-17-10-6-4-7-11-17)31(24(23)30-22)18-12-8-5-9-13-18/h4-13,15-16,29H,2-3,14H2,1H3. The van der Waals surface area contributed by atoms with Crippen LogP contribution in [0.5, 0.6) is 0 Å². The number of nitrogens with one attached hydrogen (secondary N) is 1. The summed E-state index contributed by atoms with van der Waals surface area (Å²) in [6, 6.07) is 18.6. The molecule has 4 aromatic rings. The summed E-state index contributed by atoms with van der Waals surface area (Å²) in [6.07, 6.45) is -4.17. The maximum absolute atomic E-state index is 14.1. The molecule has 10 heteroatoms. The summed E-state index contributed by atoms with van der Waals surface area (Å²) in [5, 5.41) is 1.63. The van der Waals surface area contributed by atoms with Crippen LogP contribution in [0.3, 0.4) is 0 Å². The van der Waals surface area contributed by atoms with Gasteiger partial charge >= 0.3 is 6.18 Å². The van der Waals surface area contributed by atoms with Gasteiger partial charge in [0.25, 0.3) is 0 Å². The first-order chi connectivity index (χ1) is 16.6. The third-order valence-corrected chi connectivity index (χ3v) is 7.07. The summed E-state index contributed by atoms with van der Waals surface area (Å²) in [5.74, 6) is -0.208. The highest BCUT2D eigenvalue weighted by Gasteiger charge is 2.37.